The highest BCUT2D eigenvalue weighted by molar-refractivity contribution is 6.74. The van der Waals surface area contributed by atoms with Gasteiger partial charge in [0.1, 0.15) is 12.2 Å². The molecule has 0 aromatic rings. The Balaban J connectivity index is 1.72. The highest BCUT2D eigenvalue weighted by Gasteiger charge is 2.45. The zero-order valence-corrected chi connectivity index (χ0v) is 26.9. The van der Waals surface area contributed by atoms with Crippen molar-refractivity contribution in [3.05, 3.63) is 36.5 Å². The molecule has 0 radical (unpaired) electrons. The Morgan fingerprint density at radius 1 is 1.21 bits per heavy atom. The van der Waals surface area contributed by atoms with E-state index in [0.717, 1.165) is 44.9 Å². The third-order valence-electron chi connectivity index (χ3n) is 10.2. The van der Waals surface area contributed by atoms with E-state index < -0.39 is 13.7 Å². The third kappa shape index (κ3) is 7.35. The lowest BCUT2D eigenvalue weighted by Crippen LogP contribution is -2.47. The molecular formula is C33H54O5Si. The first-order valence-corrected chi connectivity index (χ1v) is 18.2. The molecule has 2 aliphatic carbocycles. The van der Waals surface area contributed by atoms with Gasteiger partial charge >= 0.3 is 11.9 Å². The minimum atomic E-state index is -1.97. The summed E-state index contributed by atoms with van der Waals surface area (Å²) >= 11 is 0. The fraction of sp³-hybridized carbons (Fsp3) is 0.758. The second-order valence-corrected chi connectivity index (χ2v) is 18.5. The molecule has 3 rings (SSSR count). The van der Waals surface area contributed by atoms with Crippen LogP contribution in [0.5, 0.6) is 0 Å². The molecule has 39 heavy (non-hydrogen) atoms. The minimum Gasteiger partial charge on any atom is -0.462 e. The highest BCUT2D eigenvalue weighted by atomic mass is 28.4. The van der Waals surface area contributed by atoms with Crippen LogP contribution in [0.25, 0.3) is 0 Å². The lowest BCUT2D eigenvalue weighted by atomic mass is 9.66. The van der Waals surface area contributed by atoms with Crippen molar-refractivity contribution in [3.8, 4) is 0 Å². The molecule has 0 aromatic carbocycles. The van der Waals surface area contributed by atoms with Gasteiger partial charge in [0.2, 0.25) is 0 Å². The zero-order chi connectivity index (χ0) is 29.0. The first-order chi connectivity index (χ1) is 18.3. The third-order valence-corrected chi connectivity index (χ3v) is 14.8. The van der Waals surface area contributed by atoms with Crippen molar-refractivity contribution in [3.63, 3.8) is 0 Å². The van der Waals surface area contributed by atoms with E-state index in [1.807, 2.05) is 6.08 Å². The molecule has 0 N–H and O–H groups in total. The Hall–Kier alpha value is -1.66. The molecule has 0 aromatic heterocycles. The van der Waals surface area contributed by atoms with Gasteiger partial charge in [-0.1, -0.05) is 65.8 Å². The number of carbonyl (C=O) groups excluding carboxylic acids is 2. The smallest absolute Gasteiger partial charge is 0.312 e. The van der Waals surface area contributed by atoms with Crippen molar-refractivity contribution in [2.24, 2.45) is 23.2 Å². The number of ether oxygens (including phenoxy) is 2. The Kier molecular flexibility index (Phi) is 10.5. The van der Waals surface area contributed by atoms with Gasteiger partial charge in [0.25, 0.3) is 0 Å². The summed E-state index contributed by atoms with van der Waals surface area (Å²) in [6, 6.07) is 0. The van der Waals surface area contributed by atoms with Crippen molar-refractivity contribution < 1.29 is 23.5 Å². The maximum Gasteiger partial charge on any atom is 0.312 e. The van der Waals surface area contributed by atoms with Gasteiger partial charge in [-0.05, 0) is 80.5 Å². The zero-order valence-electron chi connectivity index (χ0n) is 25.9. The van der Waals surface area contributed by atoms with Gasteiger partial charge in [0.05, 0.1) is 17.9 Å². The standard InChI is InChI=1S/C33H54O5Si/c1-10-20-33(11-2,12-3)31(35)37-28-15-13-14-24-17-16-23(4)27(30(24)28)19-18-25-21-26(22-29(34)36-25)38-39(8,9)32(5,6)7/h10,14,16-17,23,25-28,30H,1,11-13,15,18-22H2,2-9H3/t23-,25+,26+,27-,28-,30-/m0/s1. The Morgan fingerprint density at radius 2 is 1.90 bits per heavy atom. The maximum atomic E-state index is 13.5. The molecule has 0 amide bonds. The topological polar surface area (TPSA) is 61.8 Å². The first kappa shape index (κ1) is 31.9. The summed E-state index contributed by atoms with van der Waals surface area (Å²) in [5.41, 5.74) is 0.800. The average molecular weight is 559 g/mol. The molecule has 1 fully saturated rings. The first-order valence-electron chi connectivity index (χ1n) is 15.3. The number of esters is 2. The monoisotopic (exact) mass is 558 g/mol. The predicted octanol–water partition coefficient (Wildman–Crippen LogP) is 8.32. The number of fused-ring (bicyclic) bond motifs is 1. The van der Waals surface area contributed by atoms with Crippen LogP contribution in [0.15, 0.2) is 36.5 Å². The van der Waals surface area contributed by atoms with Gasteiger partial charge < -0.3 is 13.9 Å². The quantitative estimate of drug-likeness (QED) is 0.145. The summed E-state index contributed by atoms with van der Waals surface area (Å²) in [5.74, 6) is 0.647. The molecule has 0 bridgehead atoms. The van der Waals surface area contributed by atoms with E-state index in [0.29, 0.717) is 24.7 Å². The van der Waals surface area contributed by atoms with Crippen molar-refractivity contribution in [1.29, 1.82) is 0 Å². The fourth-order valence-electron chi connectivity index (χ4n) is 6.49. The molecule has 1 aliphatic heterocycles. The SMILES string of the molecule is C=CCC(CC)(CC)C(=O)O[C@H]1CCC=C2C=C[C@H](C)[C@H](CC[C@@H]3C[C@@H](O[Si](C)(C)C(C)(C)C)CC(=O)O3)[C@H]21. The Bertz CT molecular complexity index is 938. The number of allylic oxidation sites excluding steroid dienone is 4. The van der Waals surface area contributed by atoms with Gasteiger partial charge in [-0.2, -0.15) is 0 Å². The predicted molar refractivity (Wildman–Crippen MR) is 161 cm³/mol. The van der Waals surface area contributed by atoms with Crippen molar-refractivity contribution in [1.82, 2.24) is 0 Å². The van der Waals surface area contributed by atoms with Gasteiger partial charge in [-0.15, -0.1) is 6.58 Å². The summed E-state index contributed by atoms with van der Waals surface area (Å²) < 4.78 is 18.9. The second-order valence-electron chi connectivity index (χ2n) is 13.7. The minimum absolute atomic E-state index is 0.0688. The molecule has 220 valence electrons. The molecular weight excluding hydrogens is 504 g/mol. The molecule has 0 unspecified atom stereocenters. The van der Waals surface area contributed by atoms with Crippen molar-refractivity contribution >= 4 is 20.3 Å². The summed E-state index contributed by atoms with van der Waals surface area (Å²) in [7, 11) is -1.97. The van der Waals surface area contributed by atoms with Crippen LogP contribution < -0.4 is 0 Å². The van der Waals surface area contributed by atoms with E-state index in [1.54, 1.807) is 0 Å². The number of carbonyl (C=O) groups is 2. The number of hydrogen-bond acceptors (Lipinski definition) is 5. The van der Waals surface area contributed by atoms with Crippen LogP contribution in [0.2, 0.25) is 18.1 Å². The van der Waals surface area contributed by atoms with Gasteiger partial charge in [-0.3, -0.25) is 9.59 Å². The van der Waals surface area contributed by atoms with Crippen LogP contribution in [0.4, 0.5) is 0 Å². The largest absolute Gasteiger partial charge is 0.462 e. The van der Waals surface area contributed by atoms with E-state index in [4.69, 9.17) is 13.9 Å². The van der Waals surface area contributed by atoms with Gasteiger partial charge in [0.15, 0.2) is 8.32 Å². The van der Waals surface area contributed by atoms with Crippen LogP contribution in [-0.2, 0) is 23.5 Å². The highest BCUT2D eigenvalue weighted by Crippen LogP contribution is 2.45. The normalized spacial score (nSPS) is 29.7. The van der Waals surface area contributed by atoms with Crippen LogP contribution in [0.3, 0.4) is 0 Å². The molecule has 6 atom stereocenters. The second kappa shape index (κ2) is 12.9. The number of hydrogen-bond donors (Lipinski definition) is 0. The lowest BCUT2D eigenvalue weighted by Gasteiger charge is -2.44. The fourth-order valence-corrected chi connectivity index (χ4v) is 7.85. The van der Waals surface area contributed by atoms with Crippen molar-refractivity contribution in [2.45, 2.75) is 136 Å². The number of rotatable bonds is 11. The van der Waals surface area contributed by atoms with Gasteiger partial charge in [-0.25, -0.2) is 0 Å². The lowest BCUT2D eigenvalue weighted by molar-refractivity contribution is -0.167. The van der Waals surface area contributed by atoms with E-state index in [-0.39, 0.29) is 41.2 Å². The summed E-state index contributed by atoms with van der Waals surface area (Å²) in [6.45, 7) is 21.5. The molecule has 0 saturated carbocycles. The van der Waals surface area contributed by atoms with Crippen molar-refractivity contribution in [2.75, 3.05) is 0 Å². The van der Waals surface area contributed by atoms with E-state index in [2.05, 4.69) is 79.4 Å². The maximum absolute atomic E-state index is 13.5. The average Bonchev–Trinajstić information content (AvgIpc) is 2.85. The molecule has 0 spiro atoms. The number of cyclic esters (lactones) is 1. The molecule has 6 heteroatoms. The summed E-state index contributed by atoms with van der Waals surface area (Å²) in [6.07, 6.45) is 15.2. The summed E-state index contributed by atoms with van der Waals surface area (Å²) in [4.78, 5) is 26.1. The van der Waals surface area contributed by atoms with Crippen LogP contribution in [-0.4, -0.2) is 38.6 Å². The molecule has 3 aliphatic rings. The van der Waals surface area contributed by atoms with Crippen LogP contribution >= 0.6 is 0 Å². The Labute approximate surface area is 238 Å². The van der Waals surface area contributed by atoms with Gasteiger partial charge in [0, 0.05) is 12.3 Å². The Morgan fingerprint density at radius 3 is 2.51 bits per heavy atom. The van der Waals surface area contributed by atoms with E-state index >= 15 is 0 Å². The summed E-state index contributed by atoms with van der Waals surface area (Å²) in [5, 5.41) is 0.0999. The van der Waals surface area contributed by atoms with Crippen LogP contribution in [0.1, 0.15) is 99.3 Å². The molecule has 5 nitrogen and oxygen atoms in total. The van der Waals surface area contributed by atoms with E-state index in [1.165, 1.54) is 5.57 Å². The van der Waals surface area contributed by atoms with E-state index in [9.17, 15) is 9.59 Å². The van der Waals surface area contributed by atoms with Crippen LogP contribution in [0, 0.1) is 23.2 Å². The molecule has 1 saturated heterocycles. The molecule has 1 heterocycles.